The molecule has 0 fully saturated rings. The molecular formula is C14H13F6NO2. The van der Waals surface area contributed by atoms with Crippen LogP contribution in [0.4, 0.5) is 26.3 Å². The summed E-state index contributed by atoms with van der Waals surface area (Å²) in [5.74, 6) is -2.49. The summed E-state index contributed by atoms with van der Waals surface area (Å²) in [7, 11) is 1.04. The zero-order chi connectivity index (χ0) is 17.6. The third-order valence-corrected chi connectivity index (χ3v) is 3.81. The van der Waals surface area contributed by atoms with Gasteiger partial charge in [-0.2, -0.15) is 26.3 Å². The molecule has 0 N–H and O–H groups in total. The number of carbonyl (C=O) groups excluding carboxylic acids is 1. The molecule has 0 saturated heterocycles. The third-order valence-electron chi connectivity index (χ3n) is 3.81. The summed E-state index contributed by atoms with van der Waals surface area (Å²) in [6.07, 6.45) is -9.75. The highest BCUT2D eigenvalue weighted by atomic mass is 19.4. The molecule has 0 saturated carbocycles. The Kier molecular flexibility index (Phi) is 4.25. The number of hydrogen-bond acceptors (Lipinski definition) is 2. The summed E-state index contributed by atoms with van der Waals surface area (Å²) < 4.78 is 81.4. The minimum atomic E-state index is -5.03. The number of alkyl halides is 6. The van der Waals surface area contributed by atoms with E-state index in [1.807, 2.05) is 0 Å². The SMILES string of the molecule is COc1cc2c(cc1C(F)(F)F)CCN(C(=O)C(F)(F)F)[C@H]2C. The first-order chi connectivity index (χ1) is 10.5. The second kappa shape index (κ2) is 5.61. The first-order valence-corrected chi connectivity index (χ1v) is 6.62. The van der Waals surface area contributed by atoms with E-state index in [0.29, 0.717) is 4.90 Å². The molecule has 1 aliphatic rings. The van der Waals surface area contributed by atoms with Crippen LogP contribution in [0.3, 0.4) is 0 Å². The maximum Gasteiger partial charge on any atom is 0.471 e. The summed E-state index contributed by atoms with van der Waals surface area (Å²) in [5.41, 5.74) is -0.503. The van der Waals surface area contributed by atoms with Gasteiger partial charge >= 0.3 is 18.3 Å². The van der Waals surface area contributed by atoms with E-state index < -0.39 is 35.6 Å². The van der Waals surface area contributed by atoms with Gasteiger partial charge in [0.1, 0.15) is 5.75 Å². The number of halogens is 6. The van der Waals surface area contributed by atoms with Gasteiger partial charge in [-0.05, 0) is 36.6 Å². The molecule has 1 aromatic carbocycles. The van der Waals surface area contributed by atoms with Crippen LogP contribution < -0.4 is 4.74 Å². The second-order valence-electron chi connectivity index (χ2n) is 5.17. The zero-order valence-corrected chi connectivity index (χ0v) is 12.2. The van der Waals surface area contributed by atoms with Crippen molar-refractivity contribution in [1.29, 1.82) is 0 Å². The number of fused-ring (bicyclic) bond motifs is 1. The predicted molar refractivity (Wildman–Crippen MR) is 67.9 cm³/mol. The van der Waals surface area contributed by atoms with Gasteiger partial charge in [-0.15, -0.1) is 0 Å². The van der Waals surface area contributed by atoms with Crippen molar-refractivity contribution >= 4 is 5.91 Å². The Bertz CT molecular complexity index is 623. The Morgan fingerprint density at radius 3 is 2.30 bits per heavy atom. The van der Waals surface area contributed by atoms with Crippen LogP contribution in [-0.2, 0) is 17.4 Å². The van der Waals surface area contributed by atoms with Crippen LogP contribution in [-0.4, -0.2) is 30.6 Å². The van der Waals surface area contributed by atoms with E-state index in [1.54, 1.807) is 0 Å². The van der Waals surface area contributed by atoms with Crippen molar-refractivity contribution in [3.63, 3.8) is 0 Å². The van der Waals surface area contributed by atoms with Crippen molar-refractivity contribution < 1.29 is 35.9 Å². The van der Waals surface area contributed by atoms with Gasteiger partial charge in [0, 0.05) is 6.54 Å². The minimum Gasteiger partial charge on any atom is -0.496 e. The van der Waals surface area contributed by atoms with E-state index in [0.717, 1.165) is 19.2 Å². The second-order valence-corrected chi connectivity index (χ2v) is 5.17. The van der Waals surface area contributed by atoms with Gasteiger partial charge < -0.3 is 9.64 Å². The van der Waals surface area contributed by atoms with Crippen molar-refractivity contribution in [2.24, 2.45) is 0 Å². The number of methoxy groups -OCH3 is 1. The zero-order valence-electron chi connectivity index (χ0n) is 12.2. The van der Waals surface area contributed by atoms with Gasteiger partial charge in [0.05, 0.1) is 18.7 Å². The topological polar surface area (TPSA) is 29.5 Å². The maximum absolute atomic E-state index is 13.0. The van der Waals surface area contributed by atoms with Gasteiger partial charge in [-0.3, -0.25) is 4.79 Å². The average molecular weight is 341 g/mol. The highest BCUT2D eigenvalue weighted by molar-refractivity contribution is 5.82. The minimum absolute atomic E-state index is 0.0887. The molecule has 1 heterocycles. The molecule has 1 aromatic rings. The summed E-state index contributed by atoms with van der Waals surface area (Å²) in [5, 5.41) is 0. The van der Waals surface area contributed by atoms with Crippen LogP contribution in [0.15, 0.2) is 12.1 Å². The van der Waals surface area contributed by atoms with Crippen LogP contribution in [0.25, 0.3) is 0 Å². The van der Waals surface area contributed by atoms with Crippen molar-refractivity contribution in [2.75, 3.05) is 13.7 Å². The standard InChI is InChI=1S/C14H13F6NO2/c1-7-9-6-11(23-2)10(13(15,16)17)5-8(9)3-4-21(7)12(22)14(18,19)20/h5-7H,3-4H2,1-2H3/t7-/m0/s1. The molecule has 1 atom stereocenters. The largest absolute Gasteiger partial charge is 0.496 e. The van der Waals surface area contributed by atoms with Gasteiger partial charge in [0.2, 0.25) is 0 Å². The Morgan fingerprint density at radius 2 is 1.83 bits per heavy atom. The summed E-state index contributed by atoms with van der Waals surface area (Å²) in [6.45, 7) is 1.05. The van der Waals surface area contributed by atoms with Crippen molar-refractivity contribution in [3.8, 4) is 5.75 Å². The lowest BCUT2D eigenvalue weighted by Gasteiger charge is -2.36. The Morgan fingerprint density at radius 1 is 1.22 bits per heavy atom. The van der Waals surface area contributed by atoms with Crippen LogP contribution in [0.5, 0.6) is 5.75 Å². The van der Waals surface area contributed by atoms with Crippen LogP contribution >= 0.6 is 0 Å². The number of amides is 1. The fourth-order valence-corrected chi connectivity index (χ4v) is 2.68. The molecule has 0 aliphatic carbocycles. The quantitative estimate of drug-likeness (QED) is 0.729. The molecule has 0 radical (unpaired) electrons. The van der Waals surface area contributed by atoms with E-state index >= 15 is 0 Å². The van der Waals surface area contributed by atoms with Crippen LogP contribution in [0.2, 0.25) is 0 Å². The molecular weight excluding hydrogens is 328 g/mol. The van der Waals surface area contributed by atoms with Gasteiger partial charge in [-0.25, -0.2) is 0 Å². The number of benzene rings is 1. The summed E-state index contributed by atoms with van der Waals surface area (Å²) in [6, 6.07) is 0.933. The smallest absolute Gasteiger partial charge is 0.471 e. The van der Waals surface area contributed by atoms with Gasteiger partial charge in [0.15, 0.2) is 0 Å². The van der Waals surface area contributed by atoms with Crippen molar-refractivity contribution in [3.05, 3.63) is 28.8 Å². The average Bonchev–Trinajstić information content (AvgIpc) is 2.44. The summed E-state index contributed by atoms with van der Waals surface area (Å²) in [4.78, 5) is 12.0. The maximum atomic E-state index is 13.0. The first kappa shape index (κ1) is 17.4. The molecule has 0 spiro atoms. The highest BCUT2D eigenvalue weighted by Crippen LogP contribution is 2.42. The molecule has 9 heteroatoms. The van der Waals surface area contributed by atoms with Crippen LogP contribution in [0.1, 0.15) is 29.7 Å². The van der Waals surface area contributed by atoms with Gasteiger partial charge in [0.25, 0.3) is 0 Å². The van der Waals surface area contributed by atoms with Gasteiger partial charge in [-0.1, -0.05) is 0 Å². The molecule has 0 bridgehead atoms. The van der Waals surface area contributed by atoms with Crippen LogP contribution in [0, 0.1) is 0 Å². The molecule has 3 nitrogen and oxygen atoms in total. The number of hydrogen-bond donors (Lipinski definition) is 0. The fourth-order valence-electron chi connectivity index (χ4n) is 2.68. The van der Waals surface area contributed by atoms with E-state index in [9.17, 15) is 31.1 Å². The number of rotatable bonds is 1. The molecule has 0 aromatic heterocycles. The molecule has 23 heavy (non-hydrogen) atoms. The molecule has 0 unspecified atom stereocenters. The Hall–Kier alpha value is -1.93. The molecule has 2 rings (SSSR count). The lowest BCUT2D eigenvalue weighted by Crippen LogP contribution is -2.45. The highest BCUT2D eigenvalue weighted by Gasteiger charge is 2.45. The third kappa shape index (κ3) is 3.23. The van der Waals surface area contributed by atoms with Crippen molar-refractivity contribution in [1.82, 2.24) is 4.90 Å². The van der Waals surface area contributed by atoms with E-state index in [-0.39, 0.29) is 24.1 Å². The predicted octanol–water partition coefficient (Wildman–Crippen LogP) is 3.72. The number of ether oxygens (including phenoxy) is 1. The summed E-state index contributed by atoms with van der Waals surface area (Å²) >= 11 is 0. The number of carbonyl (C=O) groups is 1. The molecule has 1 amide bonds. The van der Waals surface area contributed by atoms with E-state index in [4.69, 9.17) is 4.74 Å². The monoisotopic (exact) mass is 341 g/mol. The van der Waals surface area contributed by atoms with E-state index in [1.165, 1.54) is 6.92 Å². The first-order valence-electron chi connectivity index (χ1n) is 6.62. The lowest BCUT2D eigenvalue weighted by molar-refractivity contribution is -0.188. The fraction of sp³-hybridized carbons (Fsp3) is 0.500. The van der Waals surface area contributed by atoms with Crippen molar-refractivity contribution in [2.45, 2.75) is 31.7 Å². The number of nitrogens with zero attached hydrogens (tertiary/aromatic N) is 1. The lowest BCUT2D eigenvalue weighted by atomic mass is 9.91. The Balaban J connectivity index is 2.46. The molecule has 128 valence electrons. The normalized spacial score (nSPS) is 18.6. The van der Waals surface area contributed by atoms with E-state index in [2.05, 4.69) is 0 Å². The Labute approximate surface area is 127 Å². The molecule has 1 aliphatic heterocycles.